The molecule has 6 heteroatoms. The molecule has 0 bridgehead atoms. The first kappa shape index (κ1) is 16.3. The normalized spacial score (nSPS) is 24.2. The fourth-order valence-electron chi connectivity index (χ4n) is 4.19. The predicted molar refractivity (Wildman–Crippen MR) is 93.2 cm³/mol. The zero-order valence-corrected chi connectivity index (χ0v) is 14.4. The molecule has 0 saturated carbocycles. The van der Waals surface area contributed by atoms with Crippen molar-refractivity contribution in [1.82, 2.24) is 19.6 Å². The molecule has 0 radical (unpaired) electrons. The van der Waals surface area contributed by atoms with E-state index >= 15 is 0 Å². The molecular weight excluding hydrogens is 319 g/mol. The minimum atomic E-state index is -0.284. The SMILES string of the molecule is CN1CCC[C@@H]1[C@H]1CCCN1C(=O)c1ccn(-c2ccc(F)cc2)n1. The monoisotopic (exact) mass is 342 g/mol. The summed E-state index contributed by atoms with van der Waals surface area (Å²) < 4.78 is 14.7. The molecule has 2 fully saturated rings. The highest BCUT2D eigenvalue weighted by atomic mass is 19.1. The average molecular weight is 342 g/mol. The van der Waals surface area contributed by atoms with Crippen molar-refractivity contribution < 1.29 is 9.18 Å². The highest BCUT2D eigenvalue weighted by molar-refractivity contribution is 5.92. The Labute approximate surface area is 147 Å². The predicted octanol–water partition coefficient (Wildman–Crippen LogP) is 2.71. The number of amides is 1. The second-order valence-corrected chi connectivity index (χ2v) is 7.02. The van der Waals surface area contributed by atoms with Gasteiger partial charge >= 0.3 is 0 Å². The summed E-state index contributed by atoms with van der Waals surface area (Å²) in [5.41, 5.74) is 1.20. The molecule has 0 N–H and O–H groups in total. The van der Waals surface area contributed by atoms with Gasteiger partial charge in [0.2, 0.25) is 0 Å². The third kappa shape index (κ3) is 3.06. The van der Waals surface area contributed by atoms with Crippen LogP contribution in [0, 0.1) is 5.82 Å². The molecule has 1 amide bonds. The van der Waals surface area contributed by atoms with Gasteiger partial charge in [0, 0.05) is 24.8 Å². The van der Waals surface area contributed by atoms with E-state index in [4.69, 9.17) is 0 Å². The van der Waals surface area contributed by atoms with Crippen molar-refractivity contribution in [3.8, 4) is 5.69 Å². The minimum absolute atomic E-state index is 0.00339. The van der Waals surface area contributed by atoms with E-state index in [0.29, 0.717) is 11.7 Å². The molecule has 2 atom stereocenters. The summed E-state index contributed by atoms with van der Waals surface area (Å²) in [4.78, 5) is 17.4. The molecule has 2 saturated heterocycles. The van der Waals surface area contributed by atoms with Crippen LogP contribution in [0.5, 0.6) is 0 Å². The van der Waals surface area contributed by atoms with Crippen LogP contribution in [0.3, 0.4) is 0 Å². The first-order valence-electron chi connectivity index (χ1n) is 8.96. The third-order valence-electron chi connectivity index (χ3n) is 5.48. The van der Waals surface area contributed by atoms with E-state index in [-0.39, 0.29) is 17.8 Å². The second kappa shape index (κ2) is 6.59. The lowest BCUT2D eigenvalue weighted by Gasteiger charge is -2.32. The summed E-state index contributed by atoms with van der Waals surface area (Å²) >= 11 is 0. The summed E-state index contributed by atoms with van der Waals surface area (Å²) in [5.74, 6) is -0.281. The molecule has 2 aliphatic heterocycles. The molecule has 0 aliphatic carbocycles. The van der Waals surface area contributed by atoms with Gasteiger partial charge in [-0.15, -0.1) is 0 Å². The number of likely N-dealkylation sites (N-methyl/N-ethyl adjacent to an activating group) is 1. The van der Waals surface area contributed by atoms with Crippen LogP contribution >= 0.6 is 0 Å². The molecule has 3 heterocycles. The van der Waals surface area contributed by atoms with Crippen molar-refractivity contribution in [2.75, 3.05) is 20.1 Å². The number of halogens is 1. The number of carbonyl (C=O) groups is 1. The summed E-state index contributed by atoms with van der Waals surface area (Å²) in [6.45, 7) is 1.92. The van der Waals surface area contributed by atoms with Crippen LogP contribution in [0.1, 0.15) is 36.2 Å². The van der Waals surface area contributed by atoms with Crippen molar-refractivity contribution in [2.45, 2.75) is 37.8 Å². The fraction of sp³-hybridized carbons (Fsp3) is 0.474. The fourth-order valence-corrected chi connectivity index (χ4v) is 4.19. The van der Waals surface area contributed by atoms with Gasteiger partial charge in [0.15, 0.2) is 5.69 Å². The van der Waals surface area contributed by atoms with Crippen molar-refractivity contribution in [3.05, 3.63) is 48.0 Å². The van der Waals surface area contributed by atoms with Crippen LogP contribution in [0.4, 0.5) is 4.39 Å². The second-order valence-electron chi connectivity index (χ2n) is 7.02. The lowest BCUT2D eigenvalue weighted by Crippen LogP contribution is -2.47. The van der Waals surface area contributed by atoms with Crippen molar-refractivity contribution in [1.29, 1.82) is 0 Å². The van der Waals surface area contributed by atoms with Crippen LogP contribution in [0.25, 0.3) is 5.69 Å². The van der Waals surface area contributed by atoms with Crippen LogP contribution in [-0.2, 0) is 0 Å². The van der Waals surface area contributed by atoms with Gasteiger partial charge in [0.05, 0.1) is 5.69 Å². The van der Waals surface area contributed by atoms with E-state index in [1.165, 1.54) is 18.6 Å². The number of hydrogen-bond acceptors (Lipinski definition) is 3. The Balaban J connectivity index is 1.53. The van der Waals surface area contributed by atoms with Crippen LogP contribution in [0.2, 0.25) is 0 Å². The number of carbonyl (C=O) groups excluding carboxylic acids is 1. The van der Waals surface area contributed by atoms with E-state index in [1.54, 1.807) is 29.1 Å². The molecule has 2 aliphatic rings. The van der Waals surface area contributed by atoms with Gasteiger partial charge in [-0.1, -0.05) is 0 Å². The zero-order valence-electron chi connectivity index (χ0n) is 14.4. The molecule has 5 nitrogen and oxygen atoms in total. The lowest BCUT2D eigenvalue weighted by molar-refractivity contribution is 0.0658. The number of hydrogen-bond donors (Lipinski definition) is 0. The van der Waals surface area contributed by atoms with Crippen LogP contribution in [0.15, 0.2) is 36.5 Å². The summed E-state index contributed by atoms with van der Waals surface area (Å²) in [7, 11) is 2.15. The average Bonchev–Trinajstić information content (AvgIpc) is 3.35. The molecular formula is C19H23FN4O. The van der Waals surface area contributed by atoms with Gasteiger partial charge < -0.3 is 9.80 Å². The molecule has 0 unspecified atom stereocenters. The summed E-state index contributed by atoms with van der Waals surface area (Å²) in [5, 5.41) is 4.42. The van der Waals surface area contributed by atoms with Crippen molar-refractivity contribution in [2.24, 2.45) is 0 Å². The Hall–Kier alpha value is -2.21. The lowest BCUT2D eigenvalue weighted by atomic mass is 10.0. The number of nitrogens with zero attached hydrogens (tertiary/aromatic N) is 4. The summed E-state index contributed by atoms with van der Waals surface area (Å²) in [6, 6.07) is 8.60. The van der Waals surface area contributed by atoms with Crippen LogP contribution in [-0.4, -0.2) is 57.7 Å². The van der Waals surface area contributed by atoms with E-state index in [0.717, 1.165) is 38.0 Å². The number of aromatic nitrogens is 2. The first-order chi connectivity index (χ1) is 12.1. The van der Waals surface area contributed by atoms with Crippen molar-refractivity contribution >= 4 is 5.91 Å². The highest BCUT2D eigenvalue weighted by Crippen LogP contribution is 2.30. The topological polar surface area (TPSA) is 41.4 Å². The van der Waals surface area contributed by atoms with E-state index in [1.807, 2.05) is 4.90 Å². The standard InChI is InChI=1S/C19H23FN4O/c1-22-11-2-4-17(22)18-5-3-12-23(18)19(25)16-10-13-24(21-16)15-8-6-14(20)7-9-15/h6-10,13,17-18H,2-5,11-12H2,1H3/t17-,18-/m1/s1. The molecule has 1 aromatic heterocycles. The van der Waals surface area contributed by atoms with Gasteiger partial charge in [0.25, 0.3) is 5.91 Å². The Kier molecular flexibility index (Phi) is 4.29. The quantitative estimate of drug-likeness (QED) is 0.861. The smallest absolute Gasteiger partial charge is 0.274 e. The molecule has 2 aromatic rings. The molecule has 4 rings (SSSR count). The maximum absolute atomic E-state index is 13.1. The third-order valence-corrected chi connectivity index (χ3v) is 5.48. The maximum atomic E-state index is 13.1. The van der Waals surface area contributed by atoms with Crippen molar-refractivity contribution in [3.63, 3.8) is 0 Å². The Morgan fingerprint density at radius 3 is 2.52 bits per heavy atom. The highest BCUT2D eigenvalue weighted by Gasteiger charge is 2.39. The molecule has 132 valence electrons. The Morgan fingerprint density at radius 1 is 1.08 bits per heavy atom. The van der Waals surface area contributed by atoms with Gasteiger partial charge in [-0.05, 0) is 69.6 Å². The maximum Gasteiger partial charge on any atom is 0.274 e. The first-order valence-corrected chi connectivity index (χ1v) is 8.96. The minimum Gasteiger partial charge on any atom is -0.333 e. The largest absolute Gasteiger partial charge is 0.333 e. The molecule has 1 aromatic carbocycles. The number of likely N-dealkylation sites (tertiary alicyclic amines) is 2. The number of benzene rings is 1. The van der Waals surface area contributed by atoms with E-state index < -0.39 is 0 Å². The molecule has 0 spiro atoms. The Morgan fingerprint density at radius 2 is 1.80 bits per heavy atom. The van der Waals surface area contributed by atoms with Gasteiger partial charge in [-0.25, -0.2) is 9.07 Å². The summed E-state index contributed by atoms with van der Waals surface area (Å²) in [6.07, 6.45) is 6.25. The van der Waals surface area contributed by atoms with E-state index in [9.17, 15) is 9.18 Å². The van der Waals surface area contributed by atoms with Gasteiger partial charge in [-0.3, -0.25) is 4.79 Å². The zero-order chi connectivity index (χ0) is 17.4. The van der Waals surface area contributed by atoms with Gasteiger partial charge in [0.1, 0.15) is 5.82 Å². The number of rotatable bonds is 3. The molecule has 25 heavy (non-hydrogen) atoms. The van der Waals surface area contributed by atoms with Crippen LogP contribution < -0.4 is 0 Å². The van der Waals surface area contributed by atoms with Gasteiger partial charge in [-0.2, -0.15) is 5.10 Å². The Bertz CT molecular complexity index is 757. The van der Waals surface area contributed by atoms with E-state index in [2.05, 4.69) is 17.0 Å².